The van der Waals surface area contributed by atoms with E-state index in [1.54, 1.807) is 13.8 Å². The number of carbonyl (C=O) groups excluding carboxylic acids is 4. The van der Waals surface area contributed by atoms with Crippen molar-refractivity contribution >= 4 is 23.6 Å². The minimum atomic E-state index is -5.17. The fourth-order valence-electron chi connectivity index (χ4n) is 6.86. The molecule has 3 N–H and O–H groups in total. The predicted molar refractivity (Wildman–Crippen MR) is 129 cm³/mol. The third kappa shape index (κ3) is 5.76. The summed E-state index contributed by atoms with van der Waals surface area (Å²) in [6.07, 6.45) is 0.109. The maximum atomic E-state index is 13.9. The van der Waals surface area contributed by atoms with Crippen LogP contribution < -0.4 is 16.0 Å². The molecule has 210 valence electrons. The van der Waals surface area contributed by atoms with Crippen LogP contribution in [0.15, 0.2) is 0 Å². The van der Waals surface area contributed by atoms with Crippen LogP contribution in [0.4, 0.5) is 13.2 Å². The van der Waals surface area contributed by atoms with Crippen LogP contribution in [-0.4, -0.2) is 65.4 Å². The Balaban J connectivity index is 1.68. The third-order valence-corrected chi connectivity index (χ3v) is 8.91. The molecule has 0 aromatic carbocycles. The molecule has 0 aromatic heterocycles. The highest BCUT2D eigenvalue weighted by Gasteiger charge is 2.53. The van der Waals surface area contributed by atoms with Crippen LogP contribution in [0.2, 0.25) is 0 Å². The molecule has 0 spiro atoms. The van der Waals surface area contributed by atoms with Crippen molar-refractivity contribution in [3.8, 4) is 6.07 Å². The number of hydrogen-bond donors (Lipinski definition) is 3. The quantitative estimate of drug-likeness (QED) is 0.470. The van der Waals surface area contributed by atoms with Crippen molar-refractivity contribution in [3.63, 3.8) is 0 Å². The molecule has 1 saturated carbocycles. The molecule has 38 heavy (non-hydrogen) atoms. The lowest BCUT2D eigenvalue weighted by atomic mass is 9.78. The number of carbonyl (C=O) groups is 4. The summed E-state index contributed by atoms with van der Waals surface area (Å²) in [5, 5.41) is 17.4. The fourth-order valence-corrected chi connectivity index (χ4v) is 6.86. The third-order valence-electron chi connectivity index (χ3n) is 8.91. The van der Waals surface area contributed by atoms with E-state index in [9.17, 15) is 37.6 Å². The summed E-state index contributed by atoms with van der Waals surface area (Å²) < 4.78 is 39.8. The Morgan fingerprint density at radius 3 is 2.47 bits per heavy atom. The maximum absolute atomic E-state index is 13.9. The number of nitrogens with zero attached hydrogens (tertiary/aromatic N) is 2. The van der Waals surface area contributed by atoms with Crippen LogP contribution in [-0.2, 0) is 19.2 Å². The molecular weight excluding hydrogens is 503 g/mol. The van der Waals surface area contributed by atoms with Crippen LogP contribution in [0.1, 0.15) is 71.6 Å². The first kappa shape index (κ1) is 28.2. The van der Waals surface area contributed by atoms with E-state index < -0.39 is 53.4 Å². The summed E-state index contributed by atoms with van der Waals surface area (Å²) in [6, 6.07) is -1.42. The van der Waals surface area contributed by atoms with Crippen molar-refractivity contribution in [2.75, 3.05) is 6.54 Å². The summed E-state index contributed by atoms with van der Waals surface area (Å²) in [6.45, 7) is 3.51. The van der Waals surface area contributed by atoms with Gasteiger partial charge in [0.15, 0.2) is 0 Å². The van der Waals surface area contributed by atoms with Gasteiger partial charge in [0.05, 0.1) is 6.07 Å². The first-order valence-corrected chi connectivity index (χ1v) is 13.5. The summed E-state index contributed by atoms with van der Waals surface area (Å²) >= 11 is 0. The van der Waals surface area contributed by atoms with Gasteiger partial charge in [-0.25, -0.2) is 0 Å². The van der Waals surface area contributed by atoms with Gasteiger partial charge in [-0.05, 0) is 55.8 Å². The molecule has 2 bridgehead atoms. The smallest absolute Gasteiger partial charge is 0.353 e. The van der Waals surface area contributed by atoms with Crippen molar-refractivity contribution in [1.29, 1.82) is 5.26 Å². The Morgan fingerprint density at radius 2 is 1.79 bits per heavy atom. The SMILES string of the molecule is CC1(C)CCCC[C@@H]2C[C@@H](C[C@@H](C#N)NC(=O)[C@@H]3[C@H]4CCC[C@H]4CN3C(=O)[C@H]1NC(=O)C(F)(F)F)C(=O)N2. The van der Waals surface area contributed by atoms with Crippen LogP contribution >= 0.6 is 0 Å². The summed E-state index contributed by atoms with van der Waals surface area (Å²) in [4.78, 5) is 53.4. The van der Waals surface area contributed by atoms with Gasteiger partial charge >= 0.3 is 12.1 Å². The van der Waals surface area contributed by atoms with Crippen molar-refractivity contribution < 1.29 is 32.3 Å². The van der Waals surface area contributed by atoms with Gasteiger partial charge in [-0.1, -0.05) is 33.1 Å². The Morgan fingerprint density at radius 1 is 1.05 bits per heavy atom. The second kappa shape index (κ2) is 10.7. The molecular formula is C26H36F3N5O4. The zero-order valence-electron chi connectivity index (χ0n) is 21.8. The summed E-state index contributed by atoms with van der Waals surface area (Å²) in [5.41, 5.74) is -1.04. The molecule has 12 heteroatoms. The molecule has 4 fully saturated rings. The number of halogens is 3. The molecule has 4 aliphatic rings. The summed E-state index contributed by atoms with van der Waals surface area (Å²) in [5.74, 6) is -4.17. The number of hydrogen-bond acceptors (Lipinski definition) is 5. The van der Waals surface area contributed by atoms with Crippen LogP contribution in [0.5, 0.6) is 0 Å². The lowest BCUT2D eigenvalue weighted by Crippen LogP contribution is -2.61. The molecule has 4 rings (SSSR count). The average Bonchev–Trinajstić information content (AvgIpc) is 3.52. The lowest BCUT2D eigenvalue weighted by Gasteiger charge is -2.38. The second-order valence-corrected chi connectivity index (χ2v) is 12.0. The highest BCUT2D eigenvalue weighted by Crippen LogP contribution is 2.44. The zero-order chi connectivity index (χ0) is 27.8. The van der Waals surface area contributed by atoms with Crippen molar-refractivity contribution in [3.05, 3.63) is 0 Å². The zero-order valence-corrected chi connectivity index (χ0v) is 21.8. The maximum Gasteiger partial charge on any atom is 0.471 e. The topological polar surface area (TPSA) is 131 Å². The van der Waals surface area contributed by atoms with E-state index in [0.717, 1.165) is 12.8 Å². The predicted octanol–water partition coefficient (Wildman–Crippen LogP) is 2.16. The summed E-state index contributed by atoms with van der Waals surface area (Å²) in [7, 11) is 0. The van der Waals surface area contributed by atoms with Crippen LogP contribution in [0.25, 0.3) is 0 Å². The molecule has 7 atom stereocenters. The van der Waals surface area contributed by atoms with Gasteiger partial charge in [0.1, 0.15) is 18.1 Å². The first-order chi connectivity index (χ1) is 17.8. The van der Waals surface area contributed by atoms with Crippen molar-refractivity contribution in [1.82, 2.24) is 20.9 Å². The van der Waals surface area contributed by atoms with Gasteiger partial charge in [0.2, 0.25) is 17.7 Å². The number of amides is 4. The standard InChI is InChI=1S/C26H36F3N5O4/c1-25(2)9-4-3-7-16-10-15(21(35)31-16)11-17(12-30)32-22(36)19-18-8-5-6-14(18)13-34(19)23(37)20(25)33-24(38)26(27,28)29/h14-20H,3-11,13H2,1-2H3,(H,31,35)(H,32,36)(H,33,38)/t14-,15-,16+,17-,18-,19-,20+/m0/s1. The normalized spacial score (nSPS) is 36.1. The van der Waals surface area contributed by atoms with Gasteiger partial charge in [-0.3, -0.25) is 19.2 Å². The molecule has 3 aliphatic heterocycles. The average molecular weight is 540 g/mol. The van der Waals surface area contributed by atoms with Gasteiger partial charge in [0, 0.05) is 18.5 Å². The van der Waals surface area contributed by atoms with E-state index >= 15 is 0 Å². The Bertz CT molecular complexity index is 1010. The molecule has 4 amide bonds. The van der Waals surface area contributed by atoms with E-state index in [1.807, 2.05) is 5.32 Å². The molecule has 9 nitrogen and oxygen atoms in total. The van der Waals surface area contributed by atoms with Gasteiger partial charge in [-0.2, -0.15) is 18.4 Å². The number of nitriles is 1. The number of nitrogens with one attached hydrogen (secondary N) is 3. The molecule has 3 saturated heterocycles. The highest BCUT2D eigenvalue weighted by molar-refractivity contribution is 5.94. The first-order valence-electron chi connectivity index (χ1n) is 13.5. The van der Waals surface area contributed by atoms with E-state index in [4.69, 9.17) is 0 Å². The van der Waals surface area contributed by atoms with Crippen LogP contribution in [0, 0.1) is 34.5 Å². The van der Waals surface area contributed by atoms with E-state index in [0.29, 0.717) is 38.5 Å². The van der Waals surface area contributed by atoms with Gasteiger partial charge in [0.25, 0.3) is 0 Å². The van der Waals surface area contributed by atoms with Gasteiger partial charge < -0.3 is 20.9 Å². The molecule has 0 unspecified atom stereocenters. The lowest BCUT2D eigenvalue weighted by molar-refractivity contribution is -0.176. The fraction of sp³-hybridized carbons (Fsp3) is 0.808. The number of fused-ring (bicyclic) bond motifs is 5. The molecule has 0 aromatic rings. The molecule has 1 aliphatic carbocycles. The minimum Gasteiger partial charge on any atom is -0.353 e. The second-order valence-electron chi connectivity index (χ2n) is 12.0. The number of alkyl halides is 3. The largest absolute Gasteiger partial charge is 0.471 e. The molecule has 0 radical (unpaired) electrons. The van der Waals surface area contributed by atoms with E-state index in [1.165, 1.54) is 4.90 Å². The van der Waals surface area contributed by atoms with Crippen LogP contribution in [0.3, 0.4) is 0 Å². The Labute approximate surface area is 220 Å². The molecule has 3 heterocycles. The Hall–Kier alpha value is -2.84. The van der Waals surface area contributed by atoms with E-state index in [2.05, 4.69) is 16.7 Å². The van der Waals surface area contributed by atoms with Crippen molar-refractivity contribution in [2.45, 2.75) is 102 Å². The van der Waals surface area contributed by atoms with Crippen molar-refractivity contribution in [2.24, 2.45) is 23.2 Å². The minimum absolute atomic E-state index is 0.0146. The van der Waals surface area contributed by atoms with Gasteiger partial charge in [-0.15, -0.1) is 0 Å². The Kier molecular flexibility index (Phi) is 7.96. The monoisotopic (exact) mass is 539 g/mol. The van der Waals surface area contributed by atoms with E-state index in [-0.39, 0.29) is 36.8 Å². The number of rotatable bonds is 1. The highest BCUT2D eigenvalue weighted by atomic mass is 19.4.